The number of carbonyl (C=O) groups excluding carboxylic acids is 4. The number of furan rings is 1. The zero-order valence-electron chi connectivity index (χ0n) is 20.0. The minimum Gasteiger partial charge on any atom is -0.462 e. The summed E-state index contributed by atoms with van der Waals surface area (Å²) in [5, 5.41) is 2.24. The lowest BCUT2D eigenvalue weighted by atomic mass is 10.1. The quantitative estimate of drug-likeness (QED) is 0.338. The van der Waals surface area contributed by atoms with Crippen molar-refractivity contribution in [2.24, 2.45) is 0 Å². The molecule has 4 rings (SSSR count). The van der Waals surface area contributed by atoms with Crippen LogP contribution >= 0.6 is 11.8 Å². The van der Waals surface area contributed by atoms with Gasteiger partial charge in [0.15, 0.2) is 0 Å². The first-order valence-electron chi connectivity index (χ1n) is 11.2. The zero-order valence-corrected chi connectivity index (χ0v) is 20.8. The van der Waals surface area contributed by atoms with Crippen molar-refractivity contribution in [1.82, 2.24) is 4.90 Å². The third kappa shape index (κ3) is 5.58. The number of nitrogens with zero attached hydrogens (tertiary/aromatic N) is 1. The number of hydrogen-bond donors (Lipinski definition) is 1. The summed E-state index contributed by atoms with van der Waals surface area (Å²) in [6, 6.07) is 15.8. The number of aryl methyl sites for hydroxylation is 2. The van der Waals surface area contributed by atoms with Gasteiger partial charge in [-0.2, -0.15) is 0 Å². The average Bonchev–Trinajstić information content (AvgIpc) is 3.42. The molecule has 9 heteroatoms. The molecule has 0 saturated carbocycles. The molecule has 0 aliphatic carbocycles. The Kier molecular flexibility index (Phi) is 7.40. The highest BCUT2D eigenvalue weighted by Gasteiger charge is 2.36. The number of amides is 3. The van der Waals surface area contributed by atoms with Crippen LogP contribution in [0.5, 0.6) is 0 Å². The van der Waals surface area contributed by atoms with Crippen LogP contribution in [0.1, 0.15) is 34.2 Å². The van der Waals surface area contributed by atoms with E-state index in [9.17, 15) is 19.2 Å². The number of nitrogens with one attached hydrogen (secondary N) is 1. The first-order chi connectivity index (χ1) is 17.2. The Morgan fingerprint density at radius 2 is 1.81 bits per heavy atom. The highest BCUT2D eigenvalue weighted by Crippen LogP contribution is 2.33. The fourth-order valence-electron chi connectivity index (χ4n) is 3.54. The molecule has 1 N–H and O–H groups in total. The van der Waals surface area contributed by atoms with Crippen LogP contribution in [0.4, 0.5) is 10.5 Å². The highest BCUT2D eigenvalue weighted by atomic mass is 32.2. The van der Waals surface area contributed by atoms with E-state index in [0.717, 1.165) is 33.4 Å². The molecular weight excluding hydrogens is 480 g/mol. The summed E-state index contributed by atoms with van der Waals surface area (Å²) >= 11 is 0.753. The zero-order chi connectivity index (χ0) is 25.8. The summed E-state index contributed by atoms with van der Waals surface area (Å²) in [4.78, 5) is 50.7. The van der Waals surface area contributed by atoms with Crippen molar-refractivity contribution in [3.63, 3.8) is 0 Å². The summed E-state index contributed by atoms with van der Waals surface area (Å²) in [5.41, 5.74) is 3.67. The monoisotopic (exact) mass is 504 g/mol. The maximum Gasteiger partial charge on any atom is 0.338 e. The van der Waals surface area contributed by atoms with Crippen LogP contribution in [0.15, 0.2) is 63.9 Å². The van der Waals surface area contributed by atoms with E-state index in [1.54, 1.807) is 43.3 Å². The van der Waals surface area contributed by atoms with Crippen molar-refractivity contribution in [2.45, 2.75) is 20.8 Å². The molecule has 3 amide bonds. The maximum atomic E-state index is 12.8. The van der Waals surface area contributed by atoms with Gasteiger partial charge in [0, 0.05) is 17.3 Å². The summed E-state index contributed by atoms with van der Waals surface area (Å²) in [5.74, 6) is -0.507. The minimum atomic E-state index is -0.558. The van der Waals surface area contributed by atoms with Gasteiger partial charge < -0.3 is 14.5 Å². The van der Waals surface area contributed by atoms with E-state index in [-0.39, 0.29) is 11.4 Å². The van der Waals surface area contributed by atoms with E-state index < -0.39 is 23.0 Å². The number of carbonyl (C=O) groups is 4. The molecular formula is C27H24N2O6S. The molecule has 1 aromatic heterocycles. The molecule has 1 fully saturated rings. The van der Waals surface area contributed by atoms with E-state index in [0.29, 0.717) is 29.4 Å². The van der Waals surface area contributed by atoms with Crippen LogP contribution in [0.3, 0.4) is 0 Å². The van der Waals surface area contributed by atoms with E-state index >= 15 is 0 Å². The number of thioether (sulfide) groups is 1. The maximum absolute atomic E-state index is 12.8. The Labute approximate surface area is 212 Å². The molecule has 184 valence electrons. The first kappa shape index (κ1) is 25.0. The molecule has 0 bridgehead atoms. The molecule has 1 aliphatic heterocycles. The third-order valence-electron chi connectivity index (χ3n) is 5.42. The van der Waals surface area contributed by atoms with E-state index in [2.05, 4.69) is 5.32 Å². The second kappa shape index (κ2) is 10.7. The Morgan fingerprint density at radius 3 is 2.53 bits per heavy atom. The average molecular weight is 505 g/mol. The molecule has 1 saturated heterocycles. The molecule has 1 aliphatic rings. The second-order valence-electron chi connectivity index (χ2n) is 8.13. The van der Waals surface area contributed by atoms with Crippen molar-refractivity contribution < 1.29 is 28.3 Å². The Balaban J connectivity index is 1.43. The van der Waals surface area contributed by atoms with E-state index in [4.69, 9.17) is 9.15 Å². The largest absolute Gasteiger partial charge is 0.462 e. The van der Waals surface area contributed by atoms with E-state index in [1.165, 1.54) is 6.08 Å². The molecule has 8 nitrogen and oxygen atoms in total. The van der Waals surface area contributed by atoms with Crippen LogP contribution in [0.2, 0.25) is 0 Å². The molecule has 0 radical (unpaired) electrons. The van der Waals surface area contributed by atoms with Crippen LogP contribution in [0, 0.1) is 13.8 Å². The topological polar surface area (TPSA) is 106 Å². The predicted molar refractivity (Wildman–Crippen MR) is 137 cm³/mol. The number of benzene rings is 2. The molecule has 2 aromatic carbocycles. The van der Waals surface area contributed by atoms with Gasteiger partial charge in [0.25, 0.3) is 11.1 Å². The van der Waals surface area contributed by atoms with Gasteiger partial charge in [0.1, 0.15) is 18.1 Å². The molecule has 3 aromatic rings. The lowest BCUT2D eigenvalue weighted by Crippen LogP contribution is -2.36. The van der Waals surface area contributed by atoms with Gasteiger partial charge in [0.2, 0.25) is 5.91 Å². The number of rotatable bonds is 7. The summed E-state index contributed by atoms with van der Waals surface area (Å²) in [7, 11) is 0. The Morgan fingerprint density at radius 1 is 1.06 bits per heavy atom. The smallest absolute Gasteiger partial charge is 0.338 e. The summed E-state index contributed by atoms with van der Waals surface area (Å²) in [6.07, 6.45) is 1.48. The molecule has 36 heavy (non-hydrogen) atoms. The van der Waals surface area contributed by atoms with Gasteiger partial charge in [-0.1, -0.05) is 24.3 Å². The van der Waals surface area contributed by atoms with Gasteiger partial charge >= 0.3 is 5.97 Å². The summed E-state index contributed by atoms with van der Waals surface area (Å²) in [6.45, 7) is 5.43. The standard InChI is InChI=1S/C27H24N2O6S/c1-4-34-26(32)19-9-7-18(8-10-19)22-12-11-20(35-22)14-23-25(31)29(27(33)36-23)15-24(30)28-21-13-16(2)5-6-17(21)3/h5-14H,4,15H2,1-3H3,(H,28,30)/b23-14+. The van der Waals surface area contributed by atoms with Gasteiger partial charge in [0.05, 0.1) is 17.1 Å². The van der Waals surface area contributed by atoms with Crippen molar-refractivity contribution in [2.75, 3.05) is 18.5 Å². The predicted octanol–water partition coefficient (Wildman–Crippen LogP) is 5.42. The van der Waals surface area contributed by atoms with Crippen molar-refractivity contribution in [1.29, 1.82) is 0 Å². The number of imide groups is 1. The molecule has 2 heterocycles. The normalized spacial score (nSPS) is 14.4. The molecule has 0 unspecified atom stereocenters. The van der Waals surface area contributed by atoms with Crippen LogP contribution < -0.4 is 5.32 Å². The highest BCUT2D eigenvalue weighted by molar-refractivity contribution is 8.18. The summed E-state index contributed by atoms with van der Waals surface area (Å²) < 4.78 is 10.8. The van der Waals surface area contributed by atoms with Crippen molar-refractivity contribution in [3.8, 4) is 11.3 Å². The number of ether oxygens (including phenoxy) is 1. The van der Waals surface area contributed by atoms with Gasteiger partial charge in [-0.25, -0.2) is 4.79 Å². The second-order valence-corrected chi connectivity index (χ2v) is 9.13. The Hall–Kier alpha value is -4.11. The van der Waals surface area contributed by atoms with Gasteiger partial charge in [-0.05, 0) is 74.0 Å². The van der Waals surface area contributed by atoms with E-state index in [1.807, 2.05) is 32.0 Å². The molecule has 0 atom stereocenters. The SMILES string of the molecule is CCOC(=O)c1ccc(-c2ccc(/C=C3/SC(=O)N(CC(=O)Nc4cc(C)ccc4C)C3=O)o2)cc1. The lowest BCUT2D eigenvalue weighted by molar-refractivity contribution is -0.127. The van der Waals surface area contributed by atoms with Gasteiger partial charge in [-0.3, -0.25) is 19.3 Å². The number of hydrogen-bond acceptors (Lipinski definition) is 7. The number of anilines is 1. The Bertz CT molecular complexity index is 1370. The molecule has 0 spiro atoms. The fourth-order valence-corrected chi connectivity index (χ4v) is 4.36. The first-order valence-corrected chi connectivity index (χ1v) is 12.1. The van der Waals surface area contributed by atoms with Gasteiger partial charge in [-0.15, -0.1) is 0 Å². The number of esters is 1. The van der Waals surface area contributed by atoms with Crippen LogP contribution in [-0.2, 0) is 14.3 Å². The van der Waals surface area contributed by atoms with Crippen molar-refractivity contribution in [3.05, 3.63) is 82.0 Å². The minimum absolute atomic E-state index is 0.165. The lowest BCUT2D eigenvalue weighted by Gasteiger charge is -2.14. The fraction of sp³-hybridized carbons (Fsp3) is 0.185. The van der Waals surface area contributed by atoms with Crippen molar-refractivity contribution >= 4 is 46.5 Å². The van der Waals surface area contributed by atoms with Crippen LogP contribution in [-0.4, -0.2) is 41.1 Å². The third-order valence-corrected chi connectivity index (χ3v) is 6.33. The van der Waals surface area contributed by atoms with Crippen LogP contribution in [0.25, 0.3) is 17.4 Å².